The van der Waals surface area contributed by atoms with E-state index in [1.807, 2.05) is 27.7 Å². The second kappa shape index (κ2) is 8.65. The summed E-state index contributed by atoms with van der Waals surface area (Å²) in [5.74, 6) is 0.202. The molecule has 1 N–H and O–H groups in total. The van der Waals surface area contributed by atoms with Crippen LogP contribution in [0.4, 0.5) is 4.48 Å². The summed E-state index contributed by atoms with van der Waals surface area (Å²) < 4.78 is 11.8. The van der Waals surface area contributed by atoms with Gasteiger partial charge in [-0.15, -0.1) is 10.0 Å². The zero-order chi connectivity index (χ0) is 10.1. The molecule has 0 spiro atoms. The lowest BCUT2D eigenvalue weighted by atomic mass is 10.0. The van der Waals surface area contributed by atoms with Crippen LogP contribution in [0.2, 0.25) is 0 Å². The van der Waals surface area contributed by atoms with Crippen LogP contribution >= 0.6 is 0 Å². The minimum absolute atomic E-state index is 0.142. The molecule has 3 heteroatoms. The number of carbonyl (C=O) groups excluding carboxylic acids is 1. The van der Waals surface area contributed by atoms with Crippen LogP contribution < -0.4 is 5.54 Å². The first kappa shape index (κ1) is 14.1. The summed E-state index contributed by atoms with van der Waals surface area (Å²) in [5.41, 5.74) is 1.48. The third kappa shape index (κ3) is 7.66. The lowest BCUT2D eigenvalue weighted by Crippen LogP contribution is -2.30. The van der Waals surface area contributed by atoms with E-state index in [1.54, 1.807) is 0 Å². The largest absolute Gasteiger partial charge is 0.298 e. The zero-order valence-corrected chi connectivity index (χ0v) is 8.65. The van der Waals surface area contributed by atoms with Crippen molar-refractivity contribution >= 4 is 5.78 Å². The SMILES string of the molecule is CC.CC(=O)C(CC(C)C)NF. The maximum Gasteiger partial charge on any atom is 0.149 e. The molecule has 0 aromatic carbocycles. The van der Waals surface area contributed by atoms with E-state index in [1.165, 1.54) is 12.5 Å². The summed E-state index contributed by atoms with van der Waals surface area (Å²) >= 11 is 0. The summed E-state index contributed by atoms with van der Waals surface area (Å²) in [4.78, 5) is 10.6. The van der Waals surface area contributed by atoms with Crippen LogP contribution in [0.1, 0.15) is 41.0 Å². The highest BCUT2D eigenvalue weighted by Gasteiger charge is 2.14. The zero-order valence-electron chi connectivity index (χ0n) is 8.65. The van der Waals surface area contributed by atoms with Crippen LogP contribution in [0.3, 0.4) is 0 Å². The van der Waals surface area contributed by atoms with Gasteiger partial charge in [-0.3, -0.25) is 4.79 Å². The van der Waals surface area contributed by atoms with E-state index < -0.39 is 6.04 Å². The molecule has 74 valence electrons. The molecule has 0 fully saturated rings. The molecule has 0 bridgehead atoms. The maximum absolute atomic E-state index is 11.8. The van der Waals surface area contributed by atoms with E-state index >= 15 is 0 Å². The van der Waals surface area contributed by atoms with Crippen LogP contribution in [0.5, 0.6) is 0 Å². The first-order valence-electron chi connectivity index (χ1n) is 4.44. The van der Waals surface area contributed by atoms with Crippen molar-refractivity contribution in [1.29, 1.82) is 0 Å². The normalized spacial score (nSPS) is 11.9. The lowest BCUT2D eigenvalue weighted by molar-refractivity contribution is -0.120. The quantitative estimate of drug-likeness (QED) is 0.668. The highest BCUT2D eigenvalue weighted by Crippen LogP contribution is 2.04. The van der Waals surface area contributed by atoms with Gasteiger partial charge in [0.25, 0.3) is 0 Å². The molecular weight excluding hydrogens is 157 g/mol. The second-order valence-electron chi connectivity index (χ2n) is 2.90. The fourth-order valence-electron chi connectivity index (χ4n) is 0.759. The lowest BCUT2D eigenvalue weighted by Gasteiger charge is -2.11. The molecule has 0 heterocycles. The molecule has 1 atom stereocenters. The van der Waals surface area contributed by atoms with Crippen molar-refractivity contribution in [3.63, 3.8) is 0 Å². The van der Waals surface area contributed by atoms with Gasteiger partial charge < -0.3 is 0 Å². The molecule has 1 unspecified atom stereocenters. The van der Waals surface area contributed by atoms with Crippen LogP contribution in [-0.4, -0.2) is 11.8 Å². The molecule has 12 heavy (non-hydrogen) atoms. The fraction of sp³-hybridized carbons (Fsp3) is 0.889. The summed E-state index contributed by atoms with van der Waals surface area (Å²) in [6.45, 7) is 9.29. The maximum atomic E-state index is 11.8. The summed E-state index contributed by atoms with van der Waals surface area (Å²) in [6.07, 6.45) is 0.561. The van der Waals surface area contributed by atoms with Gasteiger partial charge in [-0.1, -0.05) is 27.7 Å². The number of ketones is 1. The predicted molar refractivity (Wildman–Crippen MR) is 49.5 cm³/mol. The average molecular weight is 177 g/mol. The monoisotopic (exact) mass is 177 g/mol. The van der Waals surface area contributed by atoms with Crippen LogP contribution in [0, 0.1) is 5.92 Å². The molecule has 0 aliphatic carbocycles. The smallest absolute Gasteiger partial charge is 0.149 e. The molecule has 0 aliphatic rings. The van der Waals surface area contributed by atoms with Gasteiger partial charge in [-0.25, -0.2) is 0 Å². The van der Waals surface area contributed by atoms with Crippen LogP contribution in [0.15, 0.2) is 0 Å². The number of nitrogens with one attached hydrogen (secondary N) is 1. The number of rotatable bonds is 4. The highest BCUT2D eigenvalue weighted by molar-refractivity contribution is 5.81. The highest BCUT2D eigenvalue weighted by atomic mass is 19.2. The average Bonchev–Trinajstić information content (AvgIpc) is 2.03. The van der Waals surface area contributed by atoms with Crippen molar-refractivity contribution in [2.75, 3.05) is 0 Å². The van der Waals surface area contributed by atoms with Crippen molar-refractivity contribution < 1.29 is 9.28 Å². The van der Waals surface area contributed by atoms with Gasteiger partial charge in [0.2, 0.25) is 0 Å². The molecular formula is C9H20FNO. The molecule has 0 saturated carbocycles. The van der Waals surface area contributed by atoms with E-state index in [-0.39, 0.29) is 5.78 Å². The van der Waals surface area contributed by atoms with E-state index in [2.05, 4.69) is 0 Å². The Bertz CT molecular complexity index is 115. The predicted octanol–water partition coefficient (Wildman–Crippen LogP) is 2.49. The number of hydrogen-bond donors (Lipinski definition) is 1. The van der Waals surface area contributed by atoms with Gasteiger partial charge in [0, 0.05) is 0 Å². The first-order chi connectivity index (χ1) is 5.57. The van der Waals surface area contributed by atoms with E-state index in [9.17, 15) is 9.28 Å². The number of carbonyl (C=O) groups is 1. The summed E-state index contributed by atoms with van der Waals surface area (Å²) in [7, 11) is 0. The number of hydrogen-bond acceptors (Lipinski definition) is 2. The molecule has 2 nitrogen and oxygen atoms in total. The topological polar surface area (TPSA) is 29.1 Å². The number of Topliss-reactive ketones (excluding diaryl/α,β-unsaturated/α-hetero) is 1. The fourth-order valence-corrected chi connectivity index (χ4v) is 0.759. The van der Waals surface area contributed by atoms with Crippen LogP contribution in [0.25, 0.3) is 0 Å². The van der Waals surface area contributed by atoms with Gasteiger partial charge in [0.15, 0.2) is 0 Å². The second-order valence-corrected chi connectivity index (χ2v) is 2.90. The van der Waals surface area contributed by atoms with E-state index in [4.69, 9.17) is 0 Å². The van der Waals surface area contributed by atoms with Crippen molar-refractivity contribution in [2.24, 2.45) is 5.92 Å². The van der Waals surface area contributed by atoms with Gasteiger partial charge in [0.05, 0.1) is 6.04 Å². The van der Waals surface area contributed by atoms with Gasteiger partial charge in [-0.05, 0) is 19.3 Å². The van der Waals surface area contributed by atoms with E-state index in [0.717, 1.165) is 0 Å². The van der Waals surface area contributed by atoms with Gasteiger partial charge >= 0.3 is 0 Å². The summed E-state index contributed by atoms with van der Waals surface area (Å²) in [5, 5.41) is 0. The Labute approximate surface area is 74.5 Å². The minimum atomic E-state index is -0.611. The standard InChI is InChI=1S/C7H14FNO.C2H6/c1-5(2)4-7(9-8)6(3)10;1-2/h5,7,9H,4H2,1-3H3;1-2H3. The van der Waals surface area contributed by atoms with Crippen molar-refractivity contribution in [3.8, 4) is 0 Å². The molecule has 0 saturated heterocycles. The van der Waals surface area contributed by atoms with Crippen molar-refractivity contribution in [1.82, 2.24) is 5.54 Å². The Hall–Kier alpha value is -0.440. The molecule has 0 aromatic heterocycles. The Morgan fingerprint density at radius 1 is 1.42 bits per heavy atom. The molecule has 0 aromatic rings. The van der Waals surface area contributed by atoms with E-state index in [0.29, 0.717) is 12.3 Å². The minimum Gasteiger partial charge on any atom is -0.298 e. The Morgan fingerprint density at radius 3 is 1.92 bits per heavy atom. The third-order valence-corrected chi connectivity index (χ3v) is 1.33. The summed E-state index contributed by atoms with van der Waals surface area (Å²) in [6, 6.07) is -0.611. The van der Waals surface area contributed by atoms with Gasteiger partial charge in [-0.2, -0.15) is 0 Å². The van der Waals surface area contributed by atoms with Gasteiger partial charge in [0.1, 0.15) is 5.78 Å². The molecule has 0 aliphatic heterocycles. The van der Waals surface area contributed by atoms with Crippen molar-refractivity contribution in [3.05, 3.63) is 0 Å². The number of halogens is 1. The third-order valence-electron chi connectivity index (χ3n) is 1.33. The Morgan fingerprint density at radius 2 is 1.83 bits per heavy atom. The molecule has 0 radical (unpaired) electrons. The first-order valence-corrected chi connectivity index (χ1v) is 4.44. The molecule has 0 rings (SSSR count). The Balaban J connectivity index is 0. The Kier molecular flexibility index (Phi) is 10.2. The van der Waals surface area contributed by atoms with Crippen LogP contribution in [-0.2, 0) is 4.79 Å². The molecule has 0 amide bonds. The van der Waals surface area contributed by atoms with Crippen molar-refractivity contribution in [2.45, 2.75) is 47.1 Å².